The second-order valence-corrected chi connectivity index (χ2v) is 5.28. The zero-order valence-corrected chi connectivity index (χ0v) is 11.4. The molecule has 98 valence electrons. The molecule has 1 aromatic rings. The summed E-state index contributed by atoms with van der Waals surface area (Å²) >= 11 is 5.84. The van der Waals surface area contributed by atoms with E-state index in [1.54, 1.807) is 7.11 Å². The maximum absolute atomic E-state index is 11.7. The van der Waals surface area contributed by atoms with Crippen LogP contribution in [0.5, 0.6) is 0 Å². The van der Waals surface area contributed by atoms with E-state index in [1.165, 1.54) is 0 Å². The molecule has 0 radical (unpaired) electrons. The lowest BCUT2D eigenvalue weighted by atomic mass is 10.1. The molecule has 3 atom stereocenters. The third-order valence-corrected chi connectivity index (χ3v) is 3.69. The molecule has 0 heterocycles. The average molecular weight is 268 g/mol. The van der Waals surface area contributed by atoms with E-state index in [-0.39, 0.29) is 17.9 Å². The van der Waals surface area contributed by atoms with Gasteiger partial charge in [-0.05, 0) is 30.0 Å². The Kier molecular flexibility index (Phi) is 4.25. The van der Waals surface area contributed by atoms with Crippen molar-refractivity contribution in [3.8, 4) is 0 Å². The van der Waals surface area contributed by atoms with Gasteiger partial charge in [0.15, 0.2) is 0 Å². The van der Waals surface area contributed by atoms with E-state index in [2.05, 4.69) is 12.2 Å². The van der Waals surface area contributed by atoms with Crippen molar-refractivity contribution in [2.45, 2.75) is 19.4 Å². The number of amides is 1. The van der Waals surface area contributed by atoms with Crippen molar-refractivity contribution in [1.82, 2.24) is 5.32 Å². The minimum absolute atomic E-state index is 0.125. The maximum Gasteiger partial charge on any atom is 0.223 e. The summed E-state index contributed by atoms with van der Waals surface area (Å²) in [6, 6.07) is 7.49. The van der Waals surface area contributed by atoms with Gasteiger partial charge in [0.1, 0.15) is 0 Å². The highest BCUT2D eigenvalue weighted by Gasteiger charge is 2.39. The van der Waals surface area contributed by atoms with Gasteiger partial charge in [0.05, 0.1) is 6.10 Å². The van der Waals surface area contributed by atoms with Crippen LogP contribution in [-0.2, 0) is 9.53 Å². The van der Waals surface area contributed by atoms with Crippen LogP contribution in [0.2, 0.25) is 5.02 Å². The van der Waals surface area contributed by atoms with Crippen molar-refractivity contribution in [3.63, 3.8) is 0 Å². The molecule has 2 rings (SSSR count). The normalized spacial score (nSPS) is 23.5. The number of rotatable bonds is 5. The van der Waals surface area contributed by atoms with Gasteiger partial charge in [0.25, 0.3) is 0 Å². The molecule has 0 saturated heterocycles. The molecule has 0 unspecified atom stereocenters. The molecule has 1 N–H and O–H groups in total. The van der Waals surface area contributed by atoms with E-state index in [9.17, 15) is 4.79 Å². The van der Waals surface area contributed by atoms with Crippen molar-refractivity contribution in [2.75, 3.05) is 13.7 Å². The number of carbonyl (C=O) groups is 1. The number of methoxy groups -OCH3 is 1. The van der Waals surface area contributed by atoms with E-state index >= 15 is 0 Å². The van der Waals surface area contributed by atoms with Crippen LogP contribution in [0.15, 0.2) is 24.3 Å². The molecule has 0 bridgehead atoms. The van der Waals surface area contributed by atoms with E-state index in [4.69, 9.17) is 16.3 Å². The second kappa shape index (κ2) is 5.72. The zero-order chi connectivity index (χ0) is 13.1. The highest BCUT2D eigenvalue weighted by molar-refractivity contribution is 6.30. The van der Waals surface area contributed by atoms with Crippen LogP contribution in [0.1, 0.15) is 25.0 Å². The molecular formula is C14H18ClNO2. The van der Waals surface area contributed by atoms with E-state index in [1.807, 2.05) is 24.3 Å². The number of nitrogens with one attached hydrogen (secondary N) is 1. The summed E-state index contributed by atoms with van der Waals surface area (Å²) in [6.07, 6.45) is 0.880. The molecule has 1 aliphatic rings. The standard InChI is InChI=1S/C14H18ClNO2/c1-9-7-12(9)14(17)16-8-13(18-2)10-3-5-11(15)6-4-10/h3-6,9,12-13H,7-8H2,1-2H3,(H,16,17)/t9-,12-,13-/m1/s1. The fourth-order valence-corrected chi connectivity index (χ4v) is 2.15. The minimum Gasteiger partial charge on any atom is -0.375 e. The number of benzene rings is 1. The Morgan fingerprint density at radius 1 is 1.50 bits per heavy atom. The van der Waals surface area contributed by atoms with Gasteiger partial charge >= 0.3 is 0 Å². The molecule has 18 heavy (non-hydrogen) atoms. The van der Waals surface area contributed by atoms with Gasteiger partial charge in [0, 0.05) is 24.6 Å². The Labute approximate surface area is 112 Å². The third kappa shape index (κ3) is 3.24. The van der Waals surface area contributed by atoms with Crippen LogP contribution in [0.25, 0.3) is 0 Å². The summed E-state index contributed by atoms with van der Waals surface area (Å²) < 4.78 is 5.40. The van der Waals surface area contributed by atoms with E-state index in [0.29, 0.717) is 17.5 Å². The quantitative estimate of drug-likeness (QED) is 0.891. The zero-order valence-electron chi connectivity index (χ0n) is 10.7. The van der Waals surface area contributed by atoms with Gasteiger partial charge in [-0.3, -0.25) is 4.79 Å². The Hall–Kier alpha value is -1.06. The first-order chi connectivity index (χ1) is 8.61. The van der Waals surface area contributed by atoms with Crippen molar-refractivity contribution in [3.05, 3.63) is 34.9 Å². The second-order valence-electron chi connectivity index (χ2n) is 4.84. The number of hydrogen-bond donors (Lipinski definition) is 1. The summed E-state index contributed by atoms with van der Waals surface area (Å²) in [7, 11) is 1.64. The van der Waals surface area contributed by atoms with E-state index < -0.39 is 0 Å². The van der Waals surface area contributed by atoms with Gasteiger partial charge in [0.2, 0.25) is 5.91 Å². The minimum atomic E-state index is -0.125. The Morgan fingerprint density at radius 3 is 2.61 bits per heavy atom. The van der Waals surface area contributed by atoms with Gasteiger partial charge in [-0.1, -0.05) is 30.7 Å². The number of carbonyl (C=O) groups excluding carboxylic acids is 1. The average Bonchev–Trinajstić information content (AvgIpc) is 3.09. The highest BCUT2D eigenvalue weighted by atomic mass is 35.5. The van der Waals surface area contributed by atoms with Crippen LogP contribution < -0.4 is 5.32 Å². The molecule has 1 fully saturated rings. The Bertz CT molecular complexity index is 418. The van der Waals surface area contributed by atoms with Crippen LogP contribution in [0, 0.1) is 11.8 Å². The van der Waals surface area contributed by atoms with Crippen LogP contribution in [0.4, 0.5) is 0 Å². The van der Waals surface area contributed by atoms with Gasteiger partial charge in [-0.15, -0.1) is 0 Å². The van der Waals surface area contributed by atoms with Crippen LogP contribution in [-0.4, -0.2) is 19.6 Å². The molecule has 1 amide bonds. The first-order valence-electron chi connectivity index (χ1n) is 6.17. The summed E-state index contributed by atoms with van der Waals surface area (Å²) in [6.45, 7) is 2.59. The summed E-state index contributed by atoms with van der Waals surface area (Å²) in [4.78, 5) is 11.7. The monoisotopic (exact) mass is 267 g/mol. The van der Waals surface area contributed by atoms with Gasteiger partial charge < -0.3 is 10.1 Å². The maximum atomic E-state index is 11.7. The van der Waals surface area contributed by atoms with Crippen molar-refractivity contribution in [1.29, 1.82) is 0 Å². The lowest BCUT2D eigenvalue weighted by Gasteiger charge is -2.16. The predicted octanol–water partition coefficient (Wildman–Crippen LogP) is 2.80. The first kappa shape index (κ1) is 13.4. The molecule has 4 heteroatoms. The lowest BCUT2D eigenvalue weighted by molar-refractivity contribution is -0.123. The Balaban J connectivity index is 1.89. The SMILES string of the molecule is CO[C@H](CNC(=O)[C@@H]1C[C@H]1C)c1ccc(Cl)cc1. The third-order valence-electron chi connectivity index (χ3n) is 3.43. The molecule has 0 aromatic heterocycles. The highest BCUT2D eigenvalue weighted by Crippen LogP contribution is 2.37. The van der Waals surface area contributed by atoms with Crippen molar-refractivity contribution < 1.29 is 9.53 Å². The van der Waals surface area contributed by atoms with Crippen LogP contribution >= 0.6 is 11.6 Å². The lowest BCUT2D eigenvalue weighted by Crippen LogP contribution is -2.30. The fourth-order valence-electron chi connectivity index (χ4n) is 2.03. The molecular weight excluding hydrogens is 250 g/mol. The van der Waals surface area contributed by atoms with Crippen molar-refractivity contribution >= 4 is 17.5 Å². The molecule has 1 aliphatic carbocycles. The summed E-state index contributed by atoms with van der Waals surface area (Å²) in [5, 5.41) is 3.64. The van der Waals surface area contributed by atoms with Crippen molar-refractivity contribution in [2.24, 2.45) is 11.8 Å². The number of halogens is 1. The molecule has 0 spiro atoms. The summed E-state index contributed by atoms with van der Waals surface area (Å²) in [5.41, 5.74) is 1.02. The van der Waals surface area contributed by atoms with Gasteiger partial charge in [-0.25, -0.2) is 0 Å². The first-order valence-corrected chi connectivity index (χ1v) is 6.55. The summed E-state index contributed by atoms with van der Waals surface area (Å²) in [5.74, 6) is 0.868. The Morgan fingerprint density at radius 2 is 2.11 bits per heavy atom. The molecule has 0 aliphatic heterocycles. The topological polar surface area (TPSA) is 38.3 Å². The molecule has 1 saturated carbocycles. The fraction of sp³-hybridized carbons (Fsp3) is 0.500. The smallest absolute Gasteiger partial charge is 0.223 e. The van der Waals surface area contributed by atoms with Gasteiger partial charge in [-0.2, -0.15) is 0 Å². The molecule has 1 aromatic carbocycles. The number of ether oxygens (including phenoxy) is 1. The van der Waals surface area contributed by atoms with E-state index in [0.717, 1.165) is 12.0 Å². The molecule has 3 nitrogen and oxygen atoms in total. The predicted molar refractivity (Wildman–Crippen MR) is 71.5 cm³/mol. The number of hydrogen-bond acceptors (Lipinski definition) is 2. The van der Waals surface area contributed by atoms with Crippen LogP contribution in [0.3, 0.4) is 0 Å². The largest absolute Gasteiger partial charge is 0.375 e.